The molecule has 1 fully saturated rings. The number of benzene rings is 1. The highest BCUT2D eigenvalue weighted by Crippen LogP contribution is 2.25. The molecule has 1 atom stereocenters. The second-order valence-corrected chi connectivity index (χ2v) is 9.73. The summed E-state index contributed by atoms with van der Waals surface area (Å²) in [5, 5.41) is 0.910. The summed E-state index contributed by atoms with van der Waals surface area (Å²) in [4.78, 5) is 17.7. The Balaban J connectivity index is 1.65. The maximum Gasteiger partial charge on any atom is 0.310 e. The van der Waals surface area contributed by atoms with Gasteiger partial charge in [-0.05, 0) is 51.0 Å². The largest absolute Gasteiger partial charge is 0.460 e. The Morgan fingerprint density at radius 3 is 2.67 bits per heavy atom. The molecular formula is C18H21FN2O4S2. The summed E-state index contributed by atoms with van der Waals surface area (Å²) in [5.41, 5.74) is 0.842. The smallest absolute Gasteiger partial charge is 0.310 e. The number of aryl methyl sites for hydroxylation is 2. The summed E-state index contributed by atoms with van der Waals surface area (Å²) in [5.74, 6) is -1.41. The average molecular weight is 413 g/mol. The van der Waals surface area contributed by atoms with Crippen LogP contribution < -0.4 is 0 Å². The first-order chi connectivity index (χ1) is 12.8. The van der Waals surface area contributed by atoms with Gasteiger partial charge in [-0.25, -0.2) is 17.8 Å². The van der Waals surface area contributed by atoms with Crippen LogP contribution in [0, 0.1) is 25.6 Å². The summed E-state index contributed by atoms with van der Waals surface area (Å²) >= 11 is 1.48. The Kier molecular flexibility index (Phi) is 5.92. The van der Waals surface area contributed by atoms with Gasteiger partial charge in [0.05, 0.1) is 26.4 Å². The lowest BCUT2D eigenvalue weighted by Crippen LogP contribution is -2.42. The monoisotopic (exact) mass is 412 g/mol. The number of halogens is 1. The highest BCUT2D eigenvalue weighted by Gasteiger charge is 2.34. The lowest BCUT2D eigenvalue weighted by Gasteiger charge is -2.30. The minimum atomic E-state index is -3.76. The van der Waals surface area contributed by atoms with Crippen molar-refractivity contribution in [1.82, 2.24) is 9.29 Å². The van der Waals surface area contributed by atoms with E-state index in [1.807, 2.05) is 13.8 Å². The van der Waals surface area contributed by atoms with E-state index in [1.165, 1.54) is 27.8 Å². The van der Waals surface area contributed by atoms with Crippen LogP contribution in [0.3, 0.4) is 0 Å². The number of carbonyl (C=O) groups is 1. The predicted molar refractivity (Wildman–Crippen MR) is 99.3 cm³/mol. The first-order valence-electron chi connectivity index (χ1n) is 8.62. The molecule has 27 heavy (non-hydrogen) atoms. The third-order valence-electron chi connectivity index (χ3n) is 4.51. The number of esters is 1. The van der Waals surface area contributed by atoms with Crippen LogP contribution in [0.4, 0.5) is 4.39 Å². The Morgan fingerprint density at radius 2 is 2.04 bits per heavy atom. The third kappa shape index (κ3) is 4.53. The Bertz CT molecular complexity index is 925. The fraction of sp³-hybridized carbons (Fsp3) is 0.444. The van der Waals surface area contributed by atoms with E-state index in [2.05, 4.69) is 4.98 Å². The number of ether oxygens (including phenoxy) is 1. The average Bonchev–Trinajstić information content (AvgIpc) is 2.97. The zero-order chi connectivity index (χ0) is 19.6. The molecule has 3 rings (SSSR count). The quantitative estimate of drug-likeness (QED) is 0.706. The molecule has 0 radical (unpaired) electrons. The van der Waals surface area contributed by atoms with Gasteiger partial charge in [-0.2, -0.15) is 4.31 Å². The van der Waals surface area contributed by atoms with Gasteiger partial charge in [-0.15, -0.1) is 11.3 Å². The van der Waals surface area contributed by atoms with Gasteiger partial charge in [0, 0.05) is 13.1 Å². The molecule has 1 aromatic heterocycles. The first-order valence-corrected chi connectivity index (χ1v) is 10.9. The second-order valence-electron chi connectivity index (χ2n) is 6.51. The van der Waals surface area contributed by atoms with E-state index in [1.54, 1.807) is 0 Å². The van der Waals surface area contributed by atoms with Gasteiger partial charge >= 0.3 is 5.97 Å². The van der Waals surface area contributed by atoms with Crippen molar-refractivity contribution in [2.75, 3.05) is 13.1 Å². The van der Waals surface area contributed by atoms with Crippen molar-refractivity contribution in [1.29, 1.82) is 0 Å². The standard InChI is InChI=1S/C18H21FN2O4S2/c1-12-17(26-13(2)20-12)11-25-18(22)14-4-3-9-21(10-14)27(23,24)16-7-5-15(19)6-8-16/h5-8,14H,3-4,9-11H2,1-2H3. The summed E-state index contributed by atoms with van der Waals surface area (Å²) < 4.78 is 45.2. The molecule has 2 heterocycles. The fourth-order valence-electron chi connectivity index (χ4n) is 3.07. The molecule has 146 valence electrons. The minimum absolute atomic E-state index is 0.0219. The third-order valence-corrected chi connectivity index (χ3v) is 7.44. The minimum Gasteiger partial charge on any atom is -0.460 e. The molecule has 1 unspecified atom stereocenters. The molecule has 1 saturated heterocycles. The maximum atomic E-state index is 13.1. The number of aromatic nitrogens is 1. The summed E-state index contributed by atoms with van der Waals surface area (Å²) in [6, 6.07) is 4.70. The van der Waals surface area contributed by atoms with Crippen molar-refractivity contribution in [2.24, 2.45) is 5.92 Å². The van der Waals surface area contributed by atoms with Gasteiger partial charge in [-0.1, -0.05) is 0 Å². The summed E-state index contributed by atoms with van der Waals surface area (Å²) in [6.07, 6.45) is 1.15. The number of sulfonamides is 1. The maximum absolute atomic E-state index is 13.1. The van der Waals surface area contributed by atoms with E-state index >= 15 is 0 Å². The normalized spacial score (nSPS) is 18.4. The van der Waals surface area contributed by atoms with Gasteiger partial charge in [0.15, 0.2) is 0 Å². The number of thiazole rings is 1. The Morgan fingerprint density at radius 1 is 1.33 bits per heavy atom. The van der Waals surface area contributed by atoms with Crippen molar-refractivity contribution >= 4 is 27.3 Å². The summed E-state index contributed by atoms with van der Waals surface area (Å²) in [7, 11) is -3.76. The van der Waals surface area contributed by atoms with E-state index in [9.17, 15) is 17.6 Å². The molecule has 0 bridgehead atoms. The summed E-state index contributed by atoms with van der Waals surface area (Å²) in [6.45, 7) is 4.31. The molecule has 2 aromatic rings. The fourth-order valence-corrected chi connectivity index (χ4v) is 5.44. The van der Waals surface area contributed by atoms with Gasteiger partial charge in [0.2, 0.25) is 10.0 Å². The lowest BCUT2D eigenvalue weighted by atomic mass is 10.00. The van der Waals surface area contributed by atoms with Crippen LogP contribution in [0.15, 0.2) is 29.2 Å². The molecule has 0 saturated carbocycles. The Hall–Kier alpha value is -1.84. The second kappa shape index (κ2) is 8.04. The number of carbonyl (C=O) groups excluding carboxylic acids is 1. The van der Waals surface area contributed by atoms with Crippen molar-refractivity contribution < 1.29 is 22.3 Å². The molecule has 0 N–H and O–H groups in total. The van der Waals surface area contributed by atoms with Crippen molar-refractivity contribution in [3.05, 3.63) is 45.7 Å². The van der Waals surface area contributed by atoms with E-state index in [0.29, 0.717) is 19.4 Å². The van der Waals surface area contributed by atoms with E-state index in [4.69, 9.17) is 4.74 Å². The zero-order valence-electron chi connectivity index (χ0n) is 15.1. The molecule has 0 amide bonds. The van der Waals surface area contributed by atoms with Crippen LogP contribution in [-0.2, 0) is 26.2 Å². The zero-order valence-corrected chi connectivity index (χ0v) is 16.8. The van der Waals surface area contributed by atoms with Gasteiger partial charge in [0.1, 0.15) is 12.4 Å². The van der Waals surface area contributed by atoms with Crippen LogP contribution in [0.25, 0.3) is 0 Å². The topological polar surface area (TPSA) is 76.6 Å². The van der Waals surface area contributed by atoms with Crippen molar-refractivity contribution in [3.8, 4) is 0 Å². The molecule has 1 aromatic carbocycles. The molecular weight excluding hydrogens is 391 g/mol. The Labute approximate surface area is 162 Å². The number of nitrogens with zero attached hydrogens (tertiary/aromatic N) is 2. The number of hydrogen-bond acceptors (Lipinski definition) is 6. The van der Waals surface area contributed by atoms with Crippen LogP contribution >= 0.6 is 11.3 Å². The van der Waals surface area contributed by atoms with E-state index in [0.717, 1.165) is 27.7 Å². The molecule has 0 spiro atoms. The highest BCUT2D eigenvalue weighted by atomic mass is 32.2. The van der Waals surface area contributed by atoms with Crippen molar-refractivity contribution in [2.45, 2.75) is 38.2 Å². The SMILES string of the molecule is Cc1nc(C)c(COC(=O)C2CCCN(S(=O)(=O)c3ccc(F)cc3)C2)s1. The highest BCUT2D eigenvalue weighted by molar-refractivity contribution is 7.89. The van der Waals surface area contributed by atoms with Crippen molar-refractivity contribution in [3.63, 3.8) is 0 Å². The lowest BCUT2D eigenvalue weighted by molar-refractivity contribution is -0.151. The molecule has 9 heteroatoms. The van der Waals surface area contributed by atoms with Crippen LogP contribution in [0.5, 0.6) is 0 Å². The number of rotatable bonds is 5. The predicted octanol–water partition coefficient (Wildman–Crippen LogP) is 3.04. The van der Waals surface area contributed by atoms with Gasteiger partial charge in [0.25, 0.3) is 0 Å². The molecule has 1 aliphatic heterocycles. The van der Waals surface area contributed by atoms with Crippen LogP contribution in [0.1, 0.15) is 28.4 Å². The molecule has 0 aliphatic carbocycles. The van der Waals surface area contributed by atoms with Gasteiger partial charge < -0.3 is 4.74 Å². The number of hydrogen-bond donors (Lipinski definition) is 0. The number of piperidine rings is 1. The van der Waals surface area contributed by atoms with E-state index < -0.39 is 27.7 Å². The van der Waals surface area contributed by atoms with E-state index in [-0.39, 0.29) is 18.0 Å². The molecule has 6 nitrogen and oxygen atoms in total. The van der Waals surface area contributed by atoms with Crippen LogP contribution in [-0.4, -0.2) is 36.8 Å². The first kappa shape index (κ1) is 19.9. The van der Waals surface area contributed by atoms with Gasteiger partial charge in [-0.3, -0.25) is 4.79 Å². The van der Waals surface area contributed by atoms with Crippen LogP contribution in [0.2, 0.25) is 0 Å². The molecule has 1 aliphatic rings.